The van der Waals surface area contributed by atoms with E-state index in [1.165, 1.54) is 5.56 Å². The number of nitrogens with one attached hydrogen (secondary N) is 3. The monoisotopic (exact) mass is 376 g/mol. The molecule has 0 fully saturated rings. The third kappa shape index (κ3) is 10.6. The lowest BCUT2D eigenvalue weighted by atomic mass is 9.96. The molecule has 0 saturated heterocycles. The molecule has 152 valence electrons. The normalized spacial score (nSPS) is 13.1. The van der Waals surface area contributed by atoms with E-state index in [-0.39, 0.29) is 11.3 Å². The fraction of sp³-hybridized carbons (Fsp3) is 0.619. The fourth-order valence-corrected chi connectivity index (χ4v) is 2.22. The van der Waals surface area contributed by atoms with Crippen LogP contribution < -0.4 is 16.0 Å². The van der Waals surface area contributed by atoms with Crippen LogP contribution in [-0.4, -0.2) is 44.7 Å². The molecule has 1 aromatic rings. The van der Waals surface area contributed by atoms with Crippen molar-refractivity contribution in [3.8, 4) is 0 Å². The van der Waals surface area contributed by atoms with Gasteiger partial charge in [0.25, 0.3) is 0 Å². The van der Waals surface area contributed by atoms with Crippen LogP contribution in [0.1, 0.15) is 40.2 Å². The molecule has 1 rings (SSSR count). The molecule has 0 aromatic heterocycles. The molecule has 0 spiro atoms. The number of hydrogen-bond donors (Lipinski definition) is 3. The van der Waals surface area contributed by atoms with Crippen molar-refractivity contribution < 1.29 is 9.53 Å². The number of carbonyl (C=O) groups is 1. The van der Waals surface area contributed by atoms with Crippen molar-refractivity contribution in [2.75, 3.05) is 32.8 Å². The zero-order valence-electron chi connectivity index (χ0n) is 17.5. The first-order valence-electron chi connectivity index (χ1n) is 9.75. The second kappa shape index (κ2) is 12.3. The Morgan fingerprint density at radius 1 is 1.11 bits per heavy atom. The Hall–Kier alpha value is -2.08. The highest BCUT2D eigenvalue weighted by atomic mass is 16.5. The van der Waals surface area contributed by atoms with E-state index in [9.17, 15) is 4.79 Å². The van der Waals surface area contributed by atoms with Crippen molar-refractivity contribution in [3.05, 3.63) is 35.9 Å². The summed E-state index contributed by atoms with van der Waals surface area (Å²) in [6.07, 6.45) is 0. The third-order valence-electron chi connectivity index (χ3n) is 3.80. The maximum Gasteiger partial charge on any atom is 0.225 e. The molecule has 0 aliphatic carbocycles. The van der Waals surface area contributed by atoms with Crippen molar-refractivity contribution in [1.29, 1.82) is 0 Å². The Bertz CT molecular complexity index is 567. The van der Waals surface area contributed by atoms with Crippen LogP contribution in [0.15, 0.2) is 35.3 Å². The van der Waals surface area contributed by atoms with E-state index in [1.807, 2.05) is 45.9 Å². The van der Waals surface area contributed by atoms with Gasteiger partial charge in [0.2, 0.25) is 5.91 Å². The van der Waals surface area contributed by atoms with E-state index in [4.69, 9.17) is 4.74 Å². The van der Waals surface area contributed by atoms with Crippen LogP contribution >= 0.6 is 0 Å². The van der Waals surface area contributed by atoms with E-state index in [1.54, 1.807) is 0 Å². The number of ether oxygens (including phenoxy) is 1. The molecule has 1 aromatic carbocycles. The van der Waals surface area contributed by atoms with Crippen LogP contribution in [0.4, 0.5) is 0 Å². The van der Waals surface area contributed by atoms with Crippen molar-refractivity contribution in [3.63, 3.8) is 0 Å². The Morgan fingerprint density at radius 3 is 2.41 bits per heavy atom. The Kier molecular flexibility index (Phi) is 10.5. The highest BCUT2D eigenvalue weighted by Crippen LogP contribution is 2.11. The van der Waals surface area contributed by atoms with Crippen LogP contribution in [0.2, 0.25) is 0 Å². The summed E-state index contributed by atoms with van der Waals surface area (Å²) in [5.41, 5.74) is 0.814. The topological polar surface area (TPSA) is 74.8 Å². The standard InChI is InChI=1S/C21H36N4O2/c1-6-22-20(24-13-12-23-19(26)21(3,4)5)25-14-17(2)15-27-16-18-10-8-7-9-11-18/h7-11,17H,6,12-16H2,1-5H3,(H,23,26)(H2,22,24,25). The minimum atomic E-state index is -0.367. The number of rotatable bonds is 10. The second-order valence-corrected chi connectivity index (χ2v) is 7.76. The molecule has 0 aliphatic heterocycles. The lowest BCUT2D eigenvalue weighted by molar-refractivity contribution is -0.128. The van der Waals surface area contributed by atoms with Crippen molar-refractivity contribution >= 4 is 11.9 Å². The Labute approximate surface area is 164 Å². The van der Waals surface area contributed by atoms with Gasteiger partial charge >= 0.3 is 0 Å². The lowest BCUT2D eigenvalue weighted by Crippen LogP contribution is -2.43. The summed E-state index contributed by atoms with van der Waals surface area (Å²) < 4.78 is 5.77. The van der Waals surface area contributed by atoms with Crippen molar-refractivity contribution in [2.45, 2.75) is 41.2 Å². The summed E-state index contributed by atoms with van der Waals surface area (Å²) in [7, 11) is 0. The SMILES string of the molecule is CCNC(=NCC(C)COCc1ccccc1)NCCNC(=O)C(C)(C)C. The zero-order valence-corrected chi connectivity index (χ0v) is 17.5. The number of carbonyl (C=O) groups excluding carboxylic acids is 1. The van der Waals surface area contributed by atoms with Gasteiger partial charge in [-0.1, -0.05) is 58.0 Å². The predicted octanol–water partition coefficient (Wildman–Crippen LogP) is 2.56. The van der Waals surface area contributed by atoms with Crippen LogP contribution in [0.25, 0.3) is 0 Å². The van der Waals surface area contributed by atoms with Gasteiger partial charge in [-0.2, -0.15) is 0 Å². The number of hydrogen-bond acceptors (Lipinski definition) is 3. The molecule has 6 nitrogen and oxygen atoms in total. The average molecular weight is 377 g/mol. The summed E-state index contributed by atoms with van der Waals surface area (Å²) in [6, 6.07) is 10.2. The van der Waals surface area contributed by atoms with Crippen molar-refractivity contribution in [1.82, 2.24) is 16.0 Å². The molecule has 0 heterocycles. The van der Waals surface area contributed by atoms with Gasteiger partial charge in [0.1, 0.15) is 0 Å². The average Bonchev–Trinajstić information content (AvgIpc) is 2.63. The van der Waals surface area contributed by atoms with Crippen LogP contribution in [0, 0.1) is 11.3 Å². The van der Waals surface area contributed by atoms with Gasteiger partial charge in [-0.15, -0.1) is 0 Å². The Morgan fingerprint density at radius 2 is 1.78 bits per heavy atom. The fourth-order valence-electron chi connectivity index (χ4n) is 2.22. The van der Waals surface area contributed by atoms with Gasteiger partial charge in [-0.3, -0.25) is 9.79 Å². The van der Waals surface area contributed by atoms with Gasteiger partial charge < -0.3 is 20.7 Å². The van der Waals surface area contributed by atoms with E-state index in [0.717, 1.165) is 12.5 Å². The molecule has 1 atom stereocenters. The predicted molar refractivity (Wildman–Crippen MR) is 112 cm³/mol. The minimum Gasteiger partial charge on any atom is -0.376 e. The molecule has 1 amide bonds. The van der Waals surface area contributed by atoms with E-state index in [0.29, 0.717) is 38.8 Å². The maximum atomic E-state index is 11.9. The Balaban J connectivity index is 2.29. The zero-order chi connectivity index (χ0) is 20.1. The highest BCUT2D eigenvalue weighted by molar-refractivity contribution is 5.81. The second-order valence-electron chi connectivity index (χ2n) is 7.76. The van der Waals surface area contributed by atoms with Gasteiger partial charge in [-0.25, -0.2) is 0 Å². The van der Waals surface area contributed by atoms with Crippen LogP contribution in [-0.2, 0) is 16.1 Å². The van der Waals surface area contributed by atoms with Gasteiger partial charge in [0.05, 0.1) is 13.2 Å². The largest absolute Gasteiger partial charge is 0.376 e. The first-order valence-corrected chi connectivity index (χ1v) is 9.75. The van der Waals surface area contributed by atoms with Crippen LogP contribution in [0.5, 0.6) is 0 Å². The summed E-state index contributed by atoms with van der Waals surface area (Å²) in [4.78, 5) is 16.5. The number of amides is 1. The van der Waals surface area contributed by atoms with E-state index < -0.39 is 0 Å². The van der Waals surface area contributed by atoms with Gasteiger partial charge in [0.15, 0.2) is 5.96 Å². The van der Waals surface area contributed by atoms with Gasteiger partial charge in [-0.05, 0) is 18.4 Å². The molecule has 27 heavy (non-hydrogen) atoms. The number of benzene rings is 1. The summed E-state index contributed by atoms with van der Waals surface area (Å²) in [5, 5.41) is 9.40. The quantitative estimate of drug-likeness (QED) is 0.333. The minimum absolute atomic E-state index is 0.0513. The molecular weight excluding hydrogens is 340 g/mol. The lowest BCUT2D eigenvalue weighted by Gasteiger charge is -2.18. The van der Waals surface area contributed by atoms with E-state index >= 15 is 0 Å². The summed E-state index contributed by atoms with van der Waals surface area (Å²) in [5.74, 6) is 1.14. The van der Waals surface area contributed by atoms with Crippen LogP contribution in [0.3, 0.4) is 0 Å². The molecule has 6 heteroatoms. The van der Waals surface area contributed by atoms with Crippen molar-refractivity contribution in [2.24, 2.45) is 16.3 Å². The molecule has 0 bridgehead atoms. The number of guanidine groups is 1. The number of aliphatic imine (C=N–C) groups is 1. The smallest absolute Gasteiger partial charge is 0.225 e. The highest BCUT2D eigenvalue weighted by Gasteiger charge is 2.20. The molecular formula is C21H36N4O2. The number of nitrogens with zero attached hydrogens (tertiary/aromatic N) is 1. The molecule has 0 radical (unpaired) electrons. The summed E-state index contributed by atoms with van der Waals surface area (Å²) in [6.45, 7) is 13.8. The third-order valence-corrected chi connectivity index (χ3v) is 3.80. The maximum absolute atomic E-state index is 11.9. The molecule has 0 saturated carbocycles. The molecule has 1 unspecified atom stereocenters. The van der Waals surface area contributed by atoms with E-state index in [2.05, 4.69) is 40.0 Å². The molecule has 0 aliphatic rings. The van der Waals surface area contributed by atoms with Gasteiger partial charge in [0, 0.05) is 31.6 Å². The summed E-state index contributed by atoms with van der Waals surface area (Å²) >= 11 is 0. The first kappa shape index (κ1) is 23.0. The first-order chi connectivity index (χ1) is 12.8. The molecule has 3 N–H and O–H groups in total.